The van der Waals surface area contributed by atoms with Crippen molar-refractivity contribution in [1.29, 1.82) is 0 Å². The minimum absolute atomic E-state index is 0.293. The van der Waals surface area contributed by atoms with Crippen molar-refractivity contribution < 1.29 is 4.79 Å². The molecule has 2 aromatic heterocycles. The zero-order valence-electron chi connectivity index (χ0n) is 11.9. The number of halogens is 2. The van der Waals surface area contributed by atoms with Gasteiger partial charge in [-0.1, -0.05) is 29.3 Å². The molecule has 3 aromatic rings. The number of hydrogen-bond acceptors (Lipinski definition) is 3. The van der Waals surface area contributed by atoms with Gasteiger partial charge in [0.25, 0.3) is 5.91 Å². The number of nitrogens with zero attached hydrogens (tertiary/aromatic N) is 3. The molecule has 5 nitrogen and oxygen atoms in total. The van der Waals surface area contributed by atoms with Crippen LogP contribution in [0, 0.1) is 13.8 Å². The van der Waals surface area contributed by atoms with E-state index < -0.39 is 0 Å². The molecule has 0 saturated carbocycles. The minimum Gasteiger partial charge on any atom is -0.319 e. The summed E-state index contributed by atoms with van der Waals surface area (Å²) in [6.45, 7) is 3.74. The zero-order valence-corrected chi connectivity index (χ0v) is 13.4. The third-order valence-corrected chi connectivity index (χ3v) is 3.98. The van der Waals surface area contributed by atoms with Gasteiger partial charge < -0.3 is 5.32 Å². The quantitative estimate of drug-likeness (QED) is 0.772. The zero-order chi connectivity index (χ0) is 15.9. The summed E-state index contributed by atoms with van der Waals surface area (Å²) < 4.78 is 1.69. The first-order valence-corrected chi connectivity index (χ1v) is 7.30. The Balaban J connectivity index is 1.97. The molecule has 0 bridgehead atoms. The molecule has 2 heterocycles. The Morgan fingerprint density at radius 2 is 2.00 bits per heavy atom. The fraction of sp³-hybridized carbons (Fsp3) is 0.133. The van der Waals surface area contributed by atoms with Crippen molar-refractivity contribution >= 4 is 40.4 Å². The van der Waals surface area contributed by atoms with Crippen LogP contribution in [0.3, 0.4) is 0 Å². The van der Waals surface area contributed by atoms with Crippen LogP contribution in [0.25, 0.3) is 5.65 Å². The summed E-state index contributed by atoms with van der Waals surface area (Å²) in [7, 11) is 0. The molecule has 0 aliphatic rings. The standard InChI is InChI=1S/C15H12Cl2N4O/c1-8-6-13-18-12(7-9(2)21(13)20-8)15(22)19-11-5-3-4-10(16)14(11)17/h3-7H,1-2H3,(H,19,22). The van der Waals surface area contributed by atoms with Crippen molar-refractivity contribution in [2.75, 3.05) is 5.32 Å². The van der Waals surface area contributed by atoms with Crippen molar-refractivity contribution in [2.24, 2.45) is 0 Å². The Morgan fingerprint density at radius 1 is 1.23 bits per heavy atom. The lowest BCUT2D eigenvalue weighted by Crippen LogP contribution is -2.15. The van der Waals surface area contributed by atoms with Crippen molar-refractivity contribution in [3.63, 3.8) is 0 Å². The van der Waals surface area contributed by atoms with E-state index in [2.05, 4.69) is 15.4 Å². The second-order valence-corrected chi connectivity index (χ2v) is 5.68. The Morgan fingerprint density at radius 3 is 2.77 bits per heavy atom. The second kappa shape index (κ2) is 5.59. The summed E-state index contributed by atoms with van der Waals surface area (Å²) in [6, 6.07) is 8.54. The van der Waals surface area contributed by atoms with Gasteiger partial charge in [0.1, 0.15) is 5.69 Å². The number of fused-ring (bicyclic) bond motifs is 1. The predicted octanol–water partition coefficient (Wildman–Crippen LogP) is 3.91. The third-order valence-electron chi connectivity index (χ3n) is 3.16. The van der Waals surface area contributed by atoms with Gasteiger partial charge in [0.15, 0.2) is 5.65 Å². The highest BCUT2D eigenvalue weighted by Crippen LogP contribution is 2.29. The predicted molar refractivity (Wildman–Crippen MR) is 86.9 cm³/mol. The summed E-state index contributed by atoms with van der Waals surface area (Å²) in [5, 5.41) is 7.71. The fourth-order valence-corrected chi connectivity index (χ4v) is 2.49. The molecule has 22 heavy (non-hydrogen) atoms. The summed E-state index contributed by atoms with van der Waals surface area (Å²) in [6.07, 6.45) is 0. The molecule has 0 unspecified atom stereocenters. The van der Waals surface area contributed by atoms with Crippen LogP contribution < -0.4 is 5.32 Å². The minimum atomic E-state index is -0.353. The van der Waals surface area contributed by atoms with Crippen molar-refractivity contribution in [2.45, 2.75) is 13.8 Å². The molecule has 0 aliphatic heterocycles. The molecular weight excluding hydrogens is 323 g/mol. The van der Waals surface area contributed by atoms with Crippen LogP contribution in [0.4, 0.5) is 5.69 Å². The van der Waals surface area contributed by atoms with E-state index in [1.54, 1.807) is 28.8 Å². The highest BCUT2D eigenvalue weighted by molar-refractivity contribution is 6.44. The van der Waals surface area contributed by atoms with Gasteiger partial charge in [-0.05, 0) is 32.0 Å². The smallest absolute Gasteiger partial charge is 0.274 e. The summed E-state index contributed by atoms with van der Waals surface area (Å²) in [4.78, 5) is 16.7. The lowest BCUT2D eigenvalue weighted by molar-refractivity contribution is 0.102. The van der Waals surface area contributed by atoms with Crippen LogP contribution in [-0.4, -0.2) is 20.5 Å². The molecule has 0 aliphatic carbocycles. The average Bonchev–Trinajstić information content (AvgIpc) is 2.85. The van der Waals surface area contributed by atoms with Crippen LogP contribution in [0.1, 0.15) is 21.9 Å². The Labute approximate surface area is 136 Å². The van der Waals surface area contributed by atoms with Crippen LogP contribution in [0.5, 0.6) is 0 Å². The summed E-state index contributed by atoms with van der Waals surface area (Å²) >= 11 is 12.0. The first kappa shape index (κ1) is 14.8. The number of anilines is 1. The Bertz CT molecular complexity index is 889. The number of nitrogens with one attached hydrogen (secondary N) is 1. The van der Waals surface area contributed by atoms with Crippen molar-refractivity contribution in [3.8, 4) is 0 Å². The largest absolute Gasteiger partial charge is 0.319 e. The number of rotatable bonds is 2. The highest BCUT2D eigenvalue weighted by atomic mass is 35.5. The van der Waals surface area contributed by atoms with Gasteiger partial charge in [0, 0.05) is 11.8 Å². The van der Waals surface area contributed by atoms with E-state index in [1.165, 1.54) is 0 Å². The van der Waals surface area contributed by atoms with Crippen molar-refractivity contribution in [1.82, 2.24) is 14.6 Å². The molecule has 1 amide bonds. The molecular formula is C15H12Cl2N4O. The fourth-order valence-electron chi connectivity index (χ4n) is 2.14. The first-order chi connectivity index (χ1) is 10.5. The lowest BCUT2D eigenvalue weighted by Gasteiger charge is -2.08. The molecule has 1 N–H and O–H groups in total. The maximum Gasteiger partial charge on any atom is 0.274 e. The number of carbonyl (C=O) groups is 1. The molecule has 0 spiro atoms. The van der Waals surface area contributed by atoms with Crippen LogP contribution in [0.2, 0.25) is 10.0 Å². The van der Waals surface area contributed by atoms with Crippen LogP contribution in [-0.2, 0) is 0 Å². The topological polar surface area (TPSA) is 59.3 Å². The number of aryl methyl sites for hydroxylation is 2. The lowest BCUT2D eigenvalue weighted by atomic mass is 10.2. The van der Waals surface area contributed by atoms with E-state index in [9.17, 15) is 4.79 Å². The van der Waals surface area contributed by atoms with E-state index >= 15 is 0 Å². The van der Waals surface area contributed by atoms with Crippen LogP contribution in [0.15, 0.2) is 30.3 Å². The summed E-state index contributed by atoms with van der Waals surface area (Å²) in [5.41, 5.74) is 3.02. The molecule has 0 saturated heterocycles. The number of aromatic nitrogens is 3. The van der Waals surface area contributed by atoms with E-state index in [-0.39, 0.29) is 5.91 Å². The van der Waals surface area contributed by atoms with Gasteiger partial charge in [-0.15, -0.1) is 0 Å². The monoisotopic (exact) mass is 334 g/mol. The number of amides is 1. The SMILES string of the molecule is Cc1cc2nc(C(=O)Nc3cccc(Cl)c3Cl)cc(C)n2n1. The molecule has 7 heteroatoms. The Hall–Kier alpha value is -2.11. The molecule has 112 valence electrons. The second-order valence-electron chi connectivity index (χ2n) is 4.89. The molecule has 0 fully saturated rings. The Kier molecular flexibility index (Phi) is 3.76. The number of carbonyl (C=O) groups excluding carboxylic acids is 1. The van der Waals surface area contributed by atoms with Gasteiger partial charge in [-0.25, -0.2) is 9.50 Å². The van der Waals surface area contributed by atoms with Crippen molar-refractivity contribution in [3.05, 3.63) is 57.5 Å². The first-order valence-electron chi connectivity index (χ1n) is 6.55. The normalized spacial score (nSPS) is 10.9. The maximum atomic E-state index is 12.4. The van der Waals surface area contributed by atoms with Gasteiger partial charge >= 0.3 is 0 Å². The van der Waals surface area contributed by atoms with Crippen LogP contribution >= 0.6 is 23.2 Å². The van der Waals surface area contributed by atoms with E-state index in [1.807, 2.05) is 19.9 Å². The number of benzene rings is 1. The van der Waals surface area contributed by atoms with E-state index in [0.29, 0.717) is 27.1 Å². The molecule has 0 radical (unpaired) electrons. The van der Waals surface area contributed by atoms with E-state index in [0.717, 1.165) is 11.4 Å². The average molecular weight is 335 g/mol. The van der Waals surface area contributed by atoms with E-state index in [4.69, 9.17) is 23.2 Å². The highest BCUT2D eigenvalue weighted by Gasteiger charge is 2.14. The molecule has 0 atom stereocenters. The maximum absolute atomic E-state index is 12.4. The molecule has 3 rings (SSSR count). The number of hydrogen-bond donors (Lipinski definition) is 1. The summed E-state index contributed by atoms with van der Waals surface area (Å²) in [5.74, 6) is -0.353. The van der Waals surface area contributed by atoms with Gasteiger partial charge in [-0.3, -0.25) is 4.79 Å². The van der Waals surface area contributed by atoms with Gasteiger partial charge in [-0.2, -0.15) is 5.10 Å². The van der Waals surface area contributed by atoms with Gasteiger partial charge in [0.05, 0.1) is 21.4 Å². The van der Waals surface area contributed by atoms with Gasteiger partial charge in [0.2, 0.25) is 0 Å². The molecule has 1 aromatic carbocycles. The third kappa shape index (κ3) is 2.65.